The topological polar surface area (TPSA) is 37.4 Å². The van der Waals surface area contributed by atoms with Crippen LogP contribution in [0.2, 0.25) is 0 Å². The number of rotatable bonds is 4. The van der Waals surface area contributed by atoms with Crippen molar-refractivity contribution >= 4 is 53.2 Å². The SMILES string of the molecule is CN(Cc1ccc(Br)cc1)S(=O)(=O)c1ccc(Br)s1. The molecule has 2 rings (SSSR count). The summed E-state index contributed by atoms with van der Waals surface area (Å²) in [4.78, 5) is 0. The fourth-order valence-corrected chi connectivity index (χ4v) is 5.17. The molecule has 3 nitrogen and oxygen atoms in total. The van der Waals surface area contributed by atoms with E-state index in [9.17, 15) is 8.42 Å². The molecule has 0 bridgehead atoms. The first-order chi connectivity index (χ1) is 8.89. The molecule has 1 aromatic carbocycles. The molecule has 0 atom stereocenters. The summed E-state index contributed by atoms with van der Waals surface area (Å²) in [6.07, 6.45) is 0. The van der Waals surface area contributed by atoms with E-state index in [4.69, 9.17) is 0 Å². The van der Waals surface area contributed by atoms with Gasteiger partial charge in [0.2, 0.25) is 0 Å². The molecule has 0 aliphatic carbocycles. The fourth-order valence-electron chi connectivity index (χ4n) is 1.52. The molecule has 0 amide bonds. The van der Waals surface area contributed by atoms with Crippen molar-refractivity contribution in [1.29, 1.82) is 0 Å². The van der Waals surface area contributed by atoms with Gasteiger partial charge in [-0.05, 0) is 45.8 Å². The smallest absolute Gasteiger partial charge is 0.206 e. The van der Waals surface area contributed by atoms with Gasteiger partial charge in [0.25, 0.3) is 10.0 Å². The zero-order valence-corrected chi connectivity index (χ0v) is 14.8. The Hall–Kier alpha value is -0.210. The van der Waals surface area contributed by atoms with E-state index in [1.54, 1.807) is 19.2 Å². The highest BCUT2D eigenvalue weighted by atomic mass is 79.9. The molecule has 0 fully saturated rings. The molecule has 102 valence electrons. The summed E-state index contributed by atoms with van der Waals surface area (Å²) in [6, 6.07) is 11.0. The molecule has 0 unspecified atom stereocenters. The van der Waals surface area contributed by atoms with Crippen LogP contribution in [0.3, 0.4) is 0 Å². The van der Waals surface area contributed by atoms with E-state index in [0.29, 0.717) is 10.8 Å². The number of hydrogen-bond donors (Lipinski definition) is 0. The lowest BCUT2D eigenvalue weighted by Crippen LogP contribution is -2.25. The van der Waals surface area contributed by atoms with Crippen molar-refractivity contribution in [3.8, 4) is 0 Å². The average molecular weight is 425 g/mol. The van der Waals surface area contributed by atoms with Gasteiger partial charge in [-0.1, -0.05) is 28.1 Å². The van der Waals surface area contributed by atoms with Crippen molar-refractivity contribution in [1.82, 2.24) is 4.31 Å². The summed E-state index contributed by atoms with van der Waals surface area (Å²) in [7, 11) is -1.83. The standard InChI is InChI=1S/C12H11Br2NO2S2/c1-15(8-9-2-4-10(13)5-3-9)19(16,17)12-7-6-11(14)18-12/h2-7H,8H2,1H3. The van der Waals surface area contributed by atoms with Gasteiger partial charge in [-0.3, -0.25) is 0 Å². The molecule has 0 aliphatic heterocycles. The van der Waals surface area contributed by atoms with Crippen LogP contribution in [0.1, 0.15) is 5.56 Å². The monoisotopic (exact) mass is 423 g/mol. The quantitative estimate of drug-likeness (QED) is 0.740. The summed E-state index contributed by atoms with van der Waals surface area (Å²) < 4.78 is 28.1. The highest BCUT2D eigenvalue weighted by Crippen LogP contribution is 2.28. The van der Waals surface area contributed by atoms with Crippen molar-refractivity contribution in [2.45, 2.75) is 10.8 Å². The van der Waals surface area contributed by atoms with Gasteiger partial charge < -0.3 is 0 Å². The van der Waals surface area contributed by atoms with Crippen molar-refractivity contribution in [3.05, 3.63) is 50.2 Å². The molecule has 0 saturated carbocycles. The Morgan fingerprint density at radius 3 is 2.26 bits per heavy atom. The third-order valence-electron chi connectivity index (χ3n) is 2.53. The summed E-state index contributed by atoms with van der Waals surface area (Å²) >= 11 is 7.85. The number of sulfonamides is 1. The number of halogens is 2. The van der Waals surface area contributed by atoms with Gasteiger partial charge in [0.1, 0.15) is 4.21 Å². The van der Waals surface area contributed by atoms with Gasteiger partial charge in [-0.2, -0.15) is 4.31 Å². The zero-order chi connectivity index (χ0) is 14.0. The fraction of sp³-hybridized carbons (Fsp3) is 0.167. The lowest BCUT2D eigenvalue weighted by atomic mass is 10.2. The van der Waals surface area contributed by atoms with Gasteiger partial charge in [-0.15, -0.1) is 11.3 Å². The van der Waals surface area contributed by atoms with Crippen LogP contribution >= 0.6 is 43.2 Å². The molecule has 19 heavy (non-hydrogen) atoms. The van der Waals surface area contributed by atoms with Crippen LogP contribution in [0.5, 0.6) is 0 Å². The van der Waals surface area contributed by atoms with E-state index in [2.05, 4.69) is 31.9 Å². The van der Waals surface area contributed by atoms with Gasteiger partial charge in [0.05, 0.1) is 3.79 Å². The third-order valence-corrected chi connectivity index (χ3v) is 6.95. The Morgan fingerprint density at radius 1 is 1.11 bits per heavy atom. The number of nitrogens with zero attached hydrogens (tertiary/aromatic N) is 1. The maximum absolute atomic E-state index is 12.3. The molecular weight excluding hydrogens is 414 g/mol. The normalized spacial score (nSPS) is 12.0. The first-order valence-corrected chi connectivity index (χ1v) is 9.20. The summed E-state index contributed by atoms with van der Waals surface area (Å²) in [5.41, 5.74) is 0.949. The maximum atomic E-state index is 12.3. The second-order valence-corrected chi connectivity index (χ2v) is 9.60. The first kappa shape index (κ1) is 15.2. The van der Waals surface area contributed by atoms with Crippen molar-refractivity contribution in [2.24, 2.45) is 0 Å². The lowest BCUT2D eigenvalue weighted by molar-refractivity contribution is 0.468. The maximum Gasteiger partial charge on any atom is 0.252 e. The van der Waals surface area contributed by atoms with E-state index >= 15 is 0 Å². The molecule has 0 radical (unpaired) electrons. The second-order valence-electron chi connectivity index (χ2n) is 3.95. The summed E-state index contributed by atoms with van der Waals surface area (Å²) in [5.74, 6) is 0. The van der Waals surface area contributed by atoms with Crippen LogP contribution in [-0.2, 0) is 16.6 Å². The van der Waals surface area contributed by atoms with Crippen molar-refractivity contribution in [3.63, 3.8) is 0 Å². The zero-order valence-electron chi connectivity index (χ0n) is 10.0. The molecule has 0 aliphatic rings. The van der Waals surface area contributed by atoms with Gasteiger partial charge in [-0.25, -0.2) is 8.42 Å². The van der Waals surface area contributed by atoms with E-state index in [-0.39, 0.29) is 0 Å². The predicted octanol–water partition coefficient (Wildman–Crippen LogP) is 4.09. The molecule has 0 N–H and O–H groups in total. The Bertz CT molecular complexity index is 665. The molecule has 0 saturated heterocycles. The largest absolute Gasteiger partial charge is 0.252 e. The van der Waals surface area contributed by atoms with Crippen LogP contribution < -0.4 is 0 Å². The third kappa shape index (κ3) is 3.66. The number of thiophene rings is 1. The van der Waals surface area contributed by atoms with E-state index in [1.807, 2.05) is 24.3 Å². The summed E-state index contributed by atoms with van der Waals surface area (Å²) in [5, 5.41) is 0. The van der Waals surface area contributed by atoms with Crippen LogP contribution in [-0.4, -0.2) is 19.8 Å². The van der Waals surface area contributed by atoms with Crippen molar-refractivity contribution in [2.75, 3.05) is 7.05 Å². The average Bonchev–Trinajstić information content (AvgIpc) is 2.79. The minimum Gasteiger partial charge on any atom is -0.206 e. The van der Waals surface area contributed by atoms with Gasteiger partial charge in [0, 0.05) is 18.1 Å². The van der Waals surface area contributed by atoms with Crippen LogP contribution in [0.15, 0.2) is 48.9 Å². The van der Waals surface area contributed by atoms with E-state index < -0.39 is 10.0 Å². The lowest BCUT2D eigenvalue weighted by Gasteiger charge is -2.16. The van der Waals surface area contributed by atoms with E-state index in [0.717, 1.165) is 13.8 Å². The molecule has 2 aromatic rings. The van der Waals surface area contributed by atoms with Gasteiger partial charge >= 0.3 is 0 Å². The molecule has 1 heterocycles. The highest BCUT2D eigenvalue weighted by Gasteiger charge is 2.22. The van der Waals surface area contributed by atoms with Crippen molar-refractivity contribution < 1.29 is 8.42 Å². The van der Waals surface area contributed by atoms with Crippen LogP contribution in [0.25, 0.3) is 0 Å². The molecule has 1 aromatic heterocycles. The highest BCUT2D eigenvalue weighted by molar-refractivity contribution is 9.11. The van der Waals surface area contributed by atoms with Crippen LogP contribution in [0, 0.1) is 0 Å². The first-order valence-electron chi connectivity index (χ1n) is 5.36. The van der Waals surface area contributed by atoms with Gasteiger partial charge in [0.15, 0.2) is 0 Å². The Morgan fingerprint density at radius 2 is 1.74 bits per heavy atom. The Balaban J connectivity index is 2.19. The van der Waals surface area contributed by atoms with Crippen LogP contribution in [0.4, 0.5) is 0 Å². The predicted molar refractivity (Wildman–Crippen MR) is 84.8 cm³/mol. The number of benzene rings is 1. The Labute approximate surface area is 133 Å². The minimum atomic E-state index is -3.42. The second kappa shape index (κ2) is 6.05. The molecule has 0 spiro atoms. The number of hydrogen-bond acceptors (Lipinski definition) is 3. The molecule has 7 heteroatoms. The molecular formula is C12H11Br2NO2S2. The minimum absolute atomic E-state index is 0.346. The Kier molecular flexibility index (Phi) is 4.84. The summed E-state index contributed by atoms with van der Waals surface area (Å²) in [6.45, 7) is 0.352. The van der Waals surface area contributed by atoms with E-state index in [1.165, 1.54) is 15.6 Å².